The maximum atomic E-state index is 12.7. The van der Waals surface area contributed by atoms with E-state index in [0.717, 1.165) is 32.9 Å². The third kappa shape index (κ3) is 7.42. The molecule has 6 aromatic rings. The molecule has 6 heterocycles. The van der Waals surface area contributed by atoms with Crippen LogP contribution in [-0.4, -0.2) is 62.7 Å². The van der Waals surface area contributed by atoms with Gasteiger partial charge in [-0.3, -0.25) is 33.6 Å². The van der Waals surface area contributed by atoms with Gasteiger partial charge in [0.25, 0.3) is 34.7 Å². The van der Waals surface area contributed by atoms with Crippen LogP contribution in [0.3, 0.4) is 0 Å². The number of rotatable bonds is 7. The number of hydrogen-bond acceptors (Lipinski definition) is 14. The summed E-state index contributed by atoms with van der Waals surface area (Å²) in [5, 5.41) is 20.9. The molecule has 0 bridgehead atoms. The van der Waals surface area contributed by atoms with E-state index in [9.17, 15) is 38.8 Å². The fourth-order valence-electron chi connectivity index (χ4n) is 7.74. The average molecular weight is 861 g/mol. The molecular weight excluding hydrogens is 829 g/mol. The summed E-state index contributed by atoms with van der Waals surface area (Å²) in [5.74, 6) is -1.86. The maximum absolute atomic E-state index is 12.7. The highest BCUT2D eigenvalue weighted by Crippen LogP contribution is 2.43. The van der Waals surface area contributed by atoms with Gasteiger partial charge in [-0.25, -0.2) is 9.97 Å². The van der Waals surface area contributed by atoms with Gasteiger partial charge in [0.2, 0.25) is 17.6 Å². The van der Waals surface area contributed by atoms with Crippen LogP contribution in [0, 0.1) is 11.3 Å². The van der Waals surface area contributed by atoms with E-state index in [1.54, 1.807) is 36.4 Å². The summed E-state index contributed by atoms with van der Waals surface area (Å²) in [6.45, 7) is 0.290. The first-order chi connectivity index (χ1) is 29.4. The van der Waals surface area contributed by atoms with E-state index in [4.69, 9.17) is 15.2 Å². The van der Waals surface area contributed by atoms with Crippen molar-refractivity contribution in [1.29, 1.82) is 5.26 Å². The molecule has 308 valence electrons. The van der Waals surface area contributed by atoms with Gasteiger partial charge in [-0.15, -0.1) is 22.7 Å². The molecule has 4 aliphatic rings. The highest BCUT2D eigenvalue weighted by atomic mass is 32.1. The van der Waals surface area contributed by atoms with E-state index < -0.39 is 34.8 Å². The van der Waals surface area contributed by atoms with Crippen LogP contribution in [0.2, 0.25) is 0 Å². The SMILES string of the molecule is N#CC1CCc2sc3nc(C(=O)NCc4ccc5c(c4)NC(=O)CO5)[nH]c(=O)c3c21.NC(=O)C1CCc2sc3nc(C(=O)NCc4ccc5c(c4)NC(=O)CO5)[nH]c(=O)c3c21. The van der Waals surface area contributed by atoms with Crippen LogP contribution in [0.5, 0.6) is 11.5 Å². The molecule has 0 saturated heterocycles. The molecule has 61 heavy (non-hydrogen) atoms. The maximum Gasteiger partial charge on any atom is 0.287 e. The second-order valence-corrected chi connectivity index (χ2v) is 16.6. The molecule has 2 aromatic carbocycles. The molecule has 8 N–H and O–H groups in total. The minimum absolute atomic E-state index is 0.0220. The van der Waals surface area contributed by atoms with Crippen LogP contribution in [0.15, 0.2) is 46.0 Å². The number of nitriles is 1. The number of fused-ring (bicyclic) bond motifs is 8. The van der Waals surface area contributed by atoms with E-state index in [2.05, 4.69) is 47.3 Å². The Labute approximate surface area is 350 Å². The van der Waals surface area contributed by atoms with Gasteiger partial charge in [0, 0.05) is 22.8 Å². The summed E-state index contributed by atoms with van der Waals surface area (Å²) in [4.78, 5) is 102. The smallest absolute Gasteiger partial charge is 0.287 e. The lowest BCUT2D eigenvalue weighted by atomic mass is 10.0. The summed E-state index contributed by atoms with van der Waals surface area (Å²) < 4.78 is 10.6. The lowest BCUT2D eigenvalue weighted by molar-refractivity contribution is -0.120. The Balaban J connectivity index is 0.000000156. The summed E-state index contributed by atoms with van der Waals surface area (Å²) in [7, 11) is 0. The van der Waals surface area contributed by atoms with Crippen molar-refractivity contribution in [3.05, 3.63) is 101 Å². The van der Waals surface area contributed by atoms with E-state index in [0.29, 0.717) is 68.1 Å². The first-order valence-corrected chi connectivity index (χ1v) is 20.5. The number of thiophene rings is 2. The summed E-state index contributed by atoms with van der Waals surface area (Å²) in [6, 6.07) is 12.6. The number of aromatic nitrogens is 4. The summed E-state index contributed by atoms with van der Waals surface area (Å²) in [6.07, 6.45) is 2.69. The molecule has 2 aliphatic heterocycles. The number of amides is 5. The van der Waals surface area contributed by atoms with Gasteiger partial charge in [-0.1, -0.05) is 12.1 Å². The second kappa shape index (κ2) is 15.6. The molecule has 0 radical (unpaired) electrons. The Bertz CT molecular complexity index is 3050. The summed E-state index contributed by atoms with van der Waals surface area (Å²) in [5.41, 5.74) is 8.58. The third-order valence-corrected chi connectivity index (χ3v) is 12.9. The molecular formula is C40H32N10O9S2. The predicted octanol–water partition coefficient (Wildman–Crippen LogP) is 2.56. The van der Waals surface area contributed by atoms with E-state index in [-0.39, 0.29) is 55.7 Å². The van der Waals surface area contributed by atoms with Crippen LogP contribution in [0.4, 0.5) is 11.4 Å². The Morgan fingerprint density at radius 2 is 1.25 bits per heavy atom. The molecule has 2 atom stereocenters. The number of primary amides is 1. The van der Waals surface area contributed by atoms with Crippen molar-refractivity contribution >= 4 is 84.0 Å². The zero-order chi connectivity index (χ0) is 42.5. The standard InChI is InChI=1S/C20H17N5O5S.C20H15N5O4S/c21-16(27)9-2-4-12-14(9)15-18(28)24-17(25-20(15)31-12)19(29)22-6-8-1-3-11-10(5-8)23-13(26)7-30-11;21-6-10-2-4-13-15(10)16-18(27)24-17(25-20(16)30-13)19(28)22-7-9-1-3-12-11(5-9)23-14(26)8-29-12/h1,3,5,9H,2,4,6-7H2,(H2,21,27)(H,22,29)(H,23,26)(H,24,25,28);1,3,5,10H,2,4,7-8H2,(H,22,28)(H,23,26)(H,24,25,27). The van der Waals surface area contributed by atoms with Crippen molar-refractivity contribution in [3.63, 3.8) is 0 Å². The first kappa shape index (κ1) is 39.0. The number of nitrogens with zero attached hydrogens (tertiary/aromatic N) is 3. The Kier molecular flexibility index (Phi) is 10.0. The molecule has 10 rings (SSSR count). The highest BCUT2D eigenvalue weighted by Gasteiger charge is 2.34. The zero-order valence-corrected chi connectivity index (χ0v) is 33.3. The molecule has 2 aliphatic carbocycles. The van der Waals surface area contributed by atoms with Gasteiger partial charge in [-0.2, -0.15) is 5.26 Å². The zero-order valence-electron chi connectivity index (χ0n) is 31.7. The Hall–Kier alpha value is -7.44. The van der Waals surface area contributed by atoms with Crippen molar-refractivity contribution in [2.45, 2.75) is 50.6 Å². The van der Waals surface area contributed by atoms with Gasteiger partial charge >= 0.3 is 0 Å². The number of carbonyl (C=O) groups excluding carboxylic acids is 5. The first-order valence-electron chi connectivity index (χ1n) is 18.9. The number of ether oxygens (including phenoxy) is 2. The van der Waals surface area contributed by atoms with Gasteiger partial charge in [0.15, 0.2) is 13.2 Å². The molecule has 0 spiro atoms. The van der Waals surface area contributed by atoms with Crippen molar-refractivity contribution < 1.29 is 33.4 Å². The normalized spacial score (nSPS) is 16.9. The number of aromatic amines is 2. The lowest BCUT2D eigenvalue weighted by Crippen LogP contribution is -2.28. The fraction of sp³-hybridized carbons (Fsp3) is 0.250. The minimum atomic E-state index is -0.544. The number of nitrogens with two attached hydrogens (primary N) is 1. The van der Waals surface area contributed by atoms with Gasteiger partial charge in [0.1, 0.15) is 21.2 Å². The number of benzene rings is 2. The van der Waals surface area contributed by atoms with Crippen molar-refractivity contribution in [2.75, 3.05) is 23.8 Å². The van der Waals surface area contributed by atoms with Crippen LogP contribution in [0.1, 0.15) is 77.9 Å². The molecule has 0 saturated carbocycles. The number of aryl methyl sites for hydroxylation is 2. The predicted molar refractivity (Wildman–Crippen MR) is 221 cm³/mol. The Morgan fingerprint density at radius 1 is 0.754 bits per heavy atom. The number of H-pyrrole nitrogens is 2. The number of anilines is 2. The molecule has 19 nitrogen and oxygen atoms in total. The molecule has 2 unspecified atom stereocenters. The molecule has 0 fully saturated rings. The van der Waals surface area contributed by atoms with Crippen LogP contribution >= 0.6 is 22.7 Å². The number of carbonyl (C=O) groups is 5. The minimum Gasteiger partial charge on any atom is -0.482 e. The molecule has 5 amide bonds. The second-order valence-electron chi connectivity index (χ2n) is 14.5. The topological polar surface area (TPSA) is 293 Å². The average Bonchev–Trinajstić information content (AvgIpc) is 4.02. The van der Waals surface area contributed by atoms with Gasteiger partial charge in [0.05, 0.1) is 40.1 Å². The van der Waals surface area contributed by atoms with Crippen molar-refractivity contribution in [3.8, 4) is 17.6 Å². The van der Waals surface area contributed by atoms with Gasteiger partial charge < -0.3 is 46.4 Å². The monoisotopic (exact) mass is 860 g/mol. The van der Waals surface area contributed by atoms with Gasteiger partial charge in [-0.05, 0) is 72.2 Å². The Morgan fingerprint density at radius 3 is 1.75 bits per heavy atom. The third-order valence-electron chi connectivity index (χ3n) is 10.6. The van der Waals surface area contributed by atoms with Crippen molar-refractivity contribution in [2.24, 2.45) is 5.73 Å². The van der Waals surface area contributed by atoms with E-state index >= 15 is 0 Å². The largest absolute Gasteiger partial charge is 0.482 e. The van der Waals surface area contributed by atoms with Crippen LogP contribution in [0.25, 0.3) is 20.4 Å². The molecule has 4 aromatic heterocycles. The number of nitrogens with one attached hydrogen (secondary N) is 6. The van der Waals surface area contributed by atoms with E-state index in [1.807, 2.05) is 0 Å². The van der Waals surface area contributed by atoms with Crippen LogP contribution < -0.4 is 47.6 Å². The quantitative estimate of drug-likeness (QED) is 0.122. The highest BCUT2D eigenvalue weighted by molar-refractivity contribution is 7.19. The van der Waals surface area contributed by atoms with E-state index in [1.165, 1.54) is 22.7 Å². The van der Waals surface area contributed by atoms with Crippen molar-refractivity contribution in [1.82, 2.24) is 30.6 Å². The summed E-state index contributed by atoms with van der Waals surface area (Å²) >= 11 is 2.68. The van der Waals surface area contributed by atoms with Crippen LogP contribution in [-0.2, 0) is 40.3 Å². The fourth-order valence-corrected chi connectivity index (χ4v) is 10.2. The lowest BCUT2D eigenvalue weighted by Gasteiger charge is -2.18. The molecule has 21 heteroatoms. The number of hydrogen-bond donors (Lipinski definition) is 7.